The standard InChI is InChI=1S/C25H31ClN8O4S/c1-29-22(37)14(4-2-3-7-30-25(27)28)8-20(36)18-13-39-23(32-18)19-9-16(35)11-34(19)24(38)17-12-33-10-15(26)5-6-21(33)31-17/h5-6,10,12-14,16,19,35H,2-4,7-9,11H2,1H3,(H,29,37)(H4,27,28,30)/t14-,16+,19+/m1/s1. The van der Waals surface area contributed by atoms with Crippen molar-refractivity contribution < 1.29 is 19.5 Å². The predicted molar refractivity (Wildman–Crippen MR) is 148 cm³/mol. The van der Waals surface area contributed by atoms with Crippen LogP contribution < -0.4 is 16.8 Å². The van der Waals surface area contributed by atoms with E-state index in [9.17, 15) is 19.5 Å². The number of carbonyl (C=O) groups excluding carboxylic acids is 3. The van der Waals surface area contributed by atoms with Crippen molar-refractivity contribution in [1.82, 2.24) is 24.6 Å². The number of hydrogen-bond donors (Lipinski definition) is 4. The van der Waals surface area contributed by atoms with Crippen molar-refractivity contribution in [2.45, 2.75) is 44.2 Å². The maximum absolute atomic E-state index is 13.4. The number of aliphatic hydroxyl groups excluding tert-OH is 1. The van der Waals surface area contributed by atoms with E-state index in [1.54, 1.807) is 34.3 Å². The van der Waals surface area contributed by atoms with E-state index in [1.807, 2.05) is 0 Å². The molecule has 12 nitrogen and oxygen atoms in total. The summed E-state index contributed by atoms with van der Waals surface area (Å²) >= 11 is 7.29. The van der Waals surface area contributed by atoms with Crippen molar-refractivity contribution in [1.29, 1.82) is 0 Å². The van der Waals surface area contributed by atoms with Crippen LogP contribution in [0.25, 0.3) is 5.65 Å². The smallest absolute Gasteiger partial charge is 0.274 e. The number of nitrogens with zero attached hydrogens (tertiary/aromatic N) is 5. The number of hydrogen-bond acceptors (Lipinski definition) is 8. The van der Waals surface area contributed by atoms with Gasteiger partial charge in [0.05, 0.1) is 17.2 Å². The molecule has 1 aliphatic rings. The van der Waals surface area contributed by atoms with Gasteiger partial charge in [-0.2, -0.15) is 0 Å². The fourth-order valence-corrected chi connectivity index (χ4v) is 5.74. The Bertz CT molecular complexity index is 1390. The van der Waals surface area contributed by atoms with Gasteiger partial charge in [-0.05, 0) is 25.0 Å². The van der Waals surface area contributed by atoms with Crippen LogP contribution in [0.3, 0.4) is 0 Å². The third-order valence-electron chi connectivity index (χ3n) is 6.57. The Morgan fingerprint density at radius 2 is 2.03 bits per heavy atom. The normalized spacial score (nSPS) is 17.8. The molecule has 208 valence electrons. The Morgan fingerprint density at radius 3 is 2.77 bits per heavy atom. The van der Waals surface area contributed by atoms with Gasteiger partial charge in [0.2, 0.25) is 5.91 Å². The lowest BCUT2D eigenvalue weighted by atomic mass is 9.94. The maximum atomic E-state index is 13.4. The second kappa shape index (κ2) is 12.5. The van der Waals surface area contributed by atoms with Gasteiger partial charge >= 0.3 is 0 Å². The average molecular weight is 575 g/mol. The number of rotatable bonds is 11. The summed E-state index contributed by atoms with van der Waals surface area (Å²) in [5.41, 5.74) is 11.7. The van der Waals surface area contributed by atoms with E-state index in [1.165, 1.54) is 23.3 Å². The molecule has 1 aliphatic heterocycles. The van der Waals surface area contributed by atoms with E-state index < -0.39 is 18.1 Å². The summed E-state index contributed by atoms with van der Waals surface area (Å²) in [6, 6.07) is 2.90. The molecule has 4 heterocycles. The average Bonchev–Trinajstić information content (AvgIpc) is 3.64. The largest absolute Gasteiger partial charge is 0.391 e. The molecule has 3 atom stereocenters. The van der Waals surface area contributed by atoms with Gasteiger partial charge < -0.3 is 31.2 Å². The van der Waals surface area contributed by atoms with E-state index in [2.05, 4.69) is 20.3 Å². The monoisotopic (exact) mass is 574 g/mol. The van der Waals surface area contributed by atoms with Crippen LogP contribution >= 0.6 is 22.9 Å². The number of nitrogens with one attached hydrogen (secondary N) is 1. The molecule has 6 N–H and O–H groups in total. The lowest BCUT2D eigenvalue weighted by Crippen LogP contribution is -2.32. The number of amides is 2. The number of likely N-dealkylation sites (tertiary alicyclic amines) is 1. The lowest BCUT2D eigenvalue weighted by molar-refractivity contribution is -0.124. The van der Waals surface area contributed by atoms with Crippen LogP contribution in [-0.2, 0) is 4.79 Å². The van der Waals surface area contributed by atoms with Gasteiger partial charge in [-0.25, -0.2) is 9.97 Å². The fourth-order valence-electron chi connectivity index (χ4n) is 4.62. The van der Waals surface area contributed by atoms with Crippen LogP contribution in [0.1, 0.15) is 64.1 Å². The third-order valence-corrected chi connectivity index (χ3v) is 7.74. The van der Waals surface area contributed by atoms with E-state index >= 15 is 0 Å². The highest BCUT2D eigenvalue weighted by atomic mass is 35.5. The van der Waals surface area contributed by atoms with Crippen molar-refractivity contribution in [2.75, 3.05) is 20.1 Å². The van der Waals surface area contributed by atoms with Crippen LogP contribution in [-0.4, -0.2) is 74.2 Å². The molecule has 0 saturated carbocycles. The number of ketones is 1. The molecule has 2 amide bonds. The van der Waals surface area contributed by atoms with E-state index in [0.717, 1.165) is 0 Å². The summed E-state index contributed by atoms with van der Waals surface area (Å²) in [5, 5.41) is 15.7. The first-order valence-electron chi connectivity index (χ1n) is 12.5. The third kappa shape index (κ3) is 6.91. The van der Waals surface area contributed by atoms with Crippen molar-refractivity contribution >= 4 is 52.1 Å². The summed E-state index contributed by atoms with van der Waals surface area (Å²) < 4.78 is 1.67. The van der Waals surface area contributed by atoms with Gasteiger partial charge in [0.1, 0.15) is 22.0 Å². The zero-order valence-corrected chi connectivity index (χ0v) is 23.0. The van der Waals surface area contributed by atoms with E-state index in [4.69, 9.17) is 23.1 Å². The Labute approximate surface area is 234 Å². The number of fused-ring (bicyclic) bond motifs is 1. The summed E-state index contributed by atoms with van der Waals surface area (Å²) in [7, 11) is 1.54. The van der Waals surface area contributed by atoms with Crippen molar-refractivity contribution in [2.24, 2.45) is 22.4 Å². The number of guanidine groups is 1. The number of aliphatic imine (C=N–C) groups is 1. The SMILES string of the molecule is CNC(=O)[C@H](CCCCN=C(N)N)CC(=O)c1csc([C@@H]2C[C@H](O)CN2C(=O)c2cn3cc(Cl)ccc3n2)n1. The van der Waals surface area contributed by atoms with Crippen LogP contribution in [0.15, 0.2) is 34.9 Å². The number of imidazole rings is 1. The minimum Gasteiger partial charge on any atom is -0.391 e. The number of aliphatic hydroxyl groups is 1. The van der Waals surface area contributed by atoms with Gasteiger partial charge in [0.25, 0.3) is 5.91 Å². The van der Waals surface area contributed by atoms with Gasteiger partial charge in [0.15, 0.2) is 11.7 Å². The molecule has 0 radical (unpaired) electrons. The molecule has 0 bridgehead atoms. The Kier molecular flexibility index (Phi) is 9.15. The highest BCUT2D eigenvalue weighted by molar-refractivity contribution is 7.09. The Morgan fingerprint density at radius 1 is 1.23 bits per heavy atom. The summed E-state index contributed by atoms with van der Waals surface area (Å²) in [6.45, 7) is 0.580. The number of Topliss-reactive ketones (excluding diaryl/α,β-unsaturated/α-hetero) is 1. The van der Waals surface area contributed by atoms with Crippen LogP contribution in [0.4, 0.5) is 0 Å². The molecule has 3 aromatic heterocycles. The first-order valence-corrected chi connectivity index (χ1v) is 13.8. The minimum atomic E-state index is -0.731. The zero-order valence-electron chi connectivity index (χ0n) is 21.4. The highest BCUT2D eigenvalue weighted by Gasteiger charge is 2.38. The number of unbranched alkanes of at least 4 members (excludes halogenated alkanes) is 1. The fraction of sp³-hybridized carbons (Fsp3) is 0.440. The Balaban J connectivity index is 1.44. The second-order valence-corrected chi connectivity index (χ2v) is 10.7. The molecule has 0 aliphatic carbocycles. The molecule has 14 heteroatoms. The molecule has 3 aromatic rings. The summed E-state index contributed by atoms with van der Waals surface area (Å²) in [4.78, 5) is 53.2. The Hall–Kier alpha value is -3.55. The highest BCUT2D eigenvalue weighted by Crippen LogP contribution is 2.35. The molecule has 1 fully saturated rings. The minimum absolute atomic E-state index is 0.00485. The number of carbonyl (C=O) groups is 3. The van der Waals surface area contributed by atoms with Crippen LogP contribution in [0, 0.1) is 5.92 Å². The molecule has 0 aromatic carbocycles. The lowest BCUT2D eigenvalue weighted by Gasteiger charge is -2.21. The number of pyridine rings is 1. The first-order chi connectivity index (χ1) is 18.7. The zero-order chi connectivity index (χ0) is 28.1. The molecule has 1 saturated heterocycles. The van der Waals surface area contributed by atoms with E-state index in [-0.39, 0.29) is 47.9 Å². The quantitative estimate of drug-likeness (QED) is 0.116. The summed E-state index contributed by atoms with van der Waals surface area (Å²) in [6.07, 6.45) is 4.69. The number of β-amino-alcohol motifs (C(OH)–C–C–N with tert-alkyl or cyclic N) is 1. The van der Waals surface area contributed by atoms with E-state index in [0.29, 0.717) is 47.9 Å². The van der Waals surface area contributed by atoms with Gasteiger partial charge in [-0.3, -0.25) is 19.4 Å². The van der Waals surface area contributed by atoms with Crippen LogP contribution in [0.5, 0.6) is 0 Å². The number of aromatic nitrogens is 3. The number of thiazole rings is 1. The topological polar surface area (TPSA) is 181 Å². The van der Waals surface area contributed by atoms with Crippen LogP contribution in [0.2, 0.25) is 5.02 Å². The molecule has 0 spiro atoms. The molecular weight excluding hydrogens is 544 g/mol. The first kappa shape index (κ1) is 28.5. The van der Waals surface area contributed by atoms with Gasteiger partial charge in [-0.1, -0.05) is 18.0 Å². The summed E-state index contributed by atoms with van der Waals surface area (Å²) in [5.74, 6) is -1.32. The van der Waals surface area contributed by atoms with Crippen molar-refractivity contribution in [3.63, 3.8) is 0 Å². The predicted octanol–water partition coefficient (Wildman–Crippen LogP) is 1.77. The molecular formula is C25H31ClN8O4S. The molecule has 4 rings (SSSR count). The van der Waals surface area contributed by atoms with Crippen molar-refractivity contribution in [3.05, 3.63) is 51.3 Å². The van der Waals surface area contributed by atoms with Crippen molar-refractivity contribution in [3.8, 4) is 0 Å². The maximum Gasteiger partial charge on any atom is 0.274 e. The second-order valence-electron chi connectivity index (χ2n) is 9.41. The number of halogens is 1. The molecule has 39 heavy (non-hydrogen) atoms. The van der Waals surface area contributed by atoms with Gasteiger partial charge in [0, 0.05) is 56.7 Å². The van der Waals surface area contributed by atoms with Gasteiger partial charge in [-0.15, -0.1) is 11.3 Å². The number of nitrogens with two attached hydrogens (primary N) is 2. The molecule has 0 unspecified atom stereocenters.